The fraction of sp³-hybridized carbons (Fsp3) is 0.400. The smallest absolute Gasteiger partial charge is 0.339 e. The van der Waals surface area contributed by atoms with Crippen molar-refractivity contribution in [3.63, 3.8) is 0 Å². The number of hydrogen-bond donors (Lipinski definition) is 1. The quantitative estimate of drug-likeness (QED) is 0.807. The first-order valence-corrected chi connectivity index (χ1v) is 4.92. The van der Waals surface area contributed by atoms with Crippen molar-refractivity contribution in [2.45, 2.75) is 19.9 Å². The molecule has 1 heterocycles. The maximum atomic E-state index is 11.2. The molecule has 0 aromatic carbocycles. The number of aromatic nitrogens is 1. The highest BCUT2D eigenvalue weighted by Crippen LogP contribution is 2.20. The van der Waals surface area contributed by atoms with Crippen LogP contribution >= 0.6 is 11.6 Å². The van der Waals surface area contributed by atoms with Crippen LogP contribution in [-0.2, 0) is 4.74 Å². The number of nitrogens with one attached hydrogen (secondary N) is 1. The van der Waals surface area contributed by atoms with Crippen LogP contribution in [0, 0.1) is 0 Å². The minimum absolute atomic E-state index is 0.235. The molecule has 15 heavy (non-hydrogen) atoms. The topological polar surface area (TPSA) is 51.2 Å². The molecule has 1 aromatic rings. The third-order valence-corrected chi connectivity index (χ3v) is 1.98. The third kappa shape index (κ3) is 3.09. The molecule has 0 unspecified atom stereocenters. The number of carbonyl (C=O) groups excluding carboxylic acids is 1. The Hall–Kier alpha value is -1.29. The minimum atomic E-state index is -0.444. The van der Waals surface area contributed by atoms with Gasteiger partial charge in [0.05, 0.1) is 17.7 Å². The zero-order chi connectivity index (χ0) is 11.4. The van der Waals surface area contributed by atoms with Gasteiger partial charge < -0.3 is 10.1 Å². The lowest BCUT2D eigenvalue weighted by Gasteiger charge is -2.10. The van der Waals surface area contributed by atoms with E-state index in [0.29, 0.717) is 16.4 Å². The van der Waals surface area contributed by atoms with Crippen LogP contribution in [0.2, 0.25) is 5.02 Å². The molecule has 0 fully saturated rings. The highest BCUT2D eigenvalue weighted by atomic mass is 35.5. The Bertz CT molecular complexity index is 366. The first-order chi connectivity index (χ1) is 7.04. The summed E-state index contributed by atoms with van der Waals surface area (Å²) in [5.41, 5.74) is 0.344. The summed E-state index contributed by atoms with van der Waals surface area (Å²) in [4.78, 5) is 15.2. The maximum absolute atomic E-state index is 11.2. The molecule has 5 heteroatoms. The molecule has 0 saturated carbocycles. The molecule has 1 rings (SSSR count). The van der Waals surface area contributed by atoms with Gasteiger partial charge in [0.1, 0.15) is 5.82 Å². The first-order valence-electron chi connectivity index (χ1n) is 4.55. The second-order valence-electron chi connectivity index (χ2n) is 3.35. The zero-order valence-electron chi connectivity index (χ0n) is 8.87. The van der Waals surface area contributed by atoms with Gasteiger partial charge in [0.15, 0.2) is 0 Å². The summed E-state index contributed by atoms with van der Waals surface area (Å²) in [7, 11) is 1.32. The summed E-state index contributed by atoms with van der Waals surface area (Å²) in [6, 6.07) is 1.77. The molecule has 0 bridgehead atoms. The minimum Gasteiger partial charge on any atom is -0.465 e. The SMILES string of the molecule is COC(=O)c1cnc(NC(C)C)c(Cl)c1. The van der Waals surface area contributed by atoms with Crippen molar-refractivity contribution in [1.82, 2.24) is 4.98 Å². The van der Waals surface area contributed by atoms with Gasteiger partial charge in [-0.3, -0.25) is 0 Å². The zero-order valence-corrected chi connectivity index (χ0v) is 9.63. The number of methoxy groups -OCH3 is 1. The van der Waals surface area contributed by atoms with Crippen molar-refractivity contribution in [3.8, 4) is 0 Å². The number of ether oxygens (including phenoxy) is 1. The summed E-state index contributed by atoms with van der Waals surface area (Å²) < 4.78 is 4.55. The molecule has 0 atom stereocenters. The van der Waals surface area contributed by atoms with Gasteiger partial charge >= 0.3 is 5.97 Å². The summed E-state index contributed by atoms with van der Waals surface area (Å²) >= 11 is 5.94. The normalized spacial score (nSPS) is 10.2. The van der Waals surface area contributed by atoms with E-state index in [1.165, 1.54) is 19.4 Å². The largest absolute Gasteiger partial charge is 0.465 e. The van der Waals surface area contributed by atoms with Gasteiger partial charge in [0, 0.05) is 12.2 Å². The highest BCUT2D eigenvalue weighted by molar-refractivity contribution is 6.33. The number of nitrogens with zero attached hydrogens (tertiary/aromatic N) is 1. The van der Waals surface area contributed by atoms with E-state index in [1.807, 2.05) is 13.8 Å². The molecule has 1 N–H and O–H groups in total. The second-order valence-corrected chi connectivity index (χ2v) is 3.75. The van der Waals surface area contributed by atoms with E-state index >= 15 is 0 Å². The molecule has 0 saturated heterocycles. The molecule has 0 amide bonds. The standard InChI is InChI=1S/C10H13ClN2O2/c1-6(2)13-9-8(11)4-7(5-12-9)10(14)15-3/h4-6H,1-3H3,(H,12,13). The second kappa shape index (κ2) is 4.98. The number of anilines is 1. The third-order valence-electron chi connectivity index (χ3n) is 1.69. The number of carbonyl (C=O) groups is 1. The van der Waals surface area contributed by atoms with Crippen LogP contribution in [0.4, 0.5) is 5.82 Å². The van der Waals surface area contributed by atoms with Crippen molar-refractivity contribution in [2.75, 3.05) is 12.4 Å². The molecule has 0 aliphatic rings. The average molecular weight is 229 g/mol. The number of esters is 1. The van der Waals surface area contributed by atoms with Gasteiger partial charge in [0.25, 0.3) is 0 Å². The monoisotopic (exact) mass is 228 g/mol. The van der Waals surface area contributed by atoms with Gasteiger partial charge in [0.2, 0.25) is 0 Å². The van der Waals surface area contributed by atoms with E-state index in [2.05, 4.69) is 15.0 Å². The van der Waals surface area contributed by atoms with Crippen molar-refractivity contribution >= 4 is 23.4 Å². The number of hydrogen-bond acceptors (Lipinski definition) is 4. The molecule has 1 aromatic heterocycles. The van der Waals surface area contributed by atoms with Crippen molar-refractivity contribution in [2.24, 2.45) is 0 Å². The summed E-state index contributed by atoms with van der Waals surface area (Å²) in [5, 5.41) is 3.47. The van der Waals surface area contributed by atoms with E-state index in [-0.39, 0.29) is 6.04 Å². The predicted molar refractivity (Wildman–Crippen MR) is 59.3 cm³/mol. The molecule has 0 radical (unpaired) electrons. The fourth-order valence-electron chi connectivity index (χ4n) is 1.05. The Balaban J connectivity index is 2.93. The van der Waals surface area contributed by atoms with E-state index < -0.39 is 5.97 Å². The van der Waals surface area contributed by atoms with E-state index in [0.717, 1.165) is 0 Å². The maximum Gasteiger partial charge on any atom is 0.339 e. The van der Waals surface area contributed by atoms with Crippen molar-refractivity contribution < 1.29 is 9.53 Å². The molecule has 4 nitrogen and oxygen atoms in total. The van der Waals surface area contributed by atoms with Crippen LogP contribution in [0.25, 0.3) is 0 Å². The summed E-state index contributed by atoms with van der Waals surface area (Å²) in [5.74, 6) is 0.125. The van der Waals surface area contributed by atoms with Gasteiger partial charge in [-0.15, -0.1) is 0 Å². The Morgan fingerprint density at radius 2 is 2.27 bits per heavy atom. The van der Waals surface area contributed by atoms with Crippen molar-refractivity contribution in [3.05, 3.63) is 22.8 Å². The van der Waals surface area contributed by atoms with Crippen LogP contribution in [0.5, 0.6) is 0 Å². The van der Waals surface area contributed by atoms with Crippen LogP contribution < -0.4 is 5.32 Å². The number of pyridine rings is 1. The van der Waals surface area contributed by atoms with Crippen LogP contribution in [0.15, 0.2) is 12.3 Å². The van der Waals surface area contributed by atoms with Crippen LogP contribution in [-0.4, -0.2) is 24.1 Å². The number of rotatable bonds is 3. The van der Waals surface area contributed by atoms with E-state index in [1.54, 1.807) is 0 Å². The van der Waals surface area contributed by atoms with Crippen LogP contribution in [0.3, 0.4) is 0 Å². The first kappa shape index (κ1) is 11.8. The molecule has 0 aliphatic heterocycles. The van der Waals surface area contributed by atoms with E-state index in [9.17, 15) is 4.79 Å². The lowest BCUT2D eigenvalue weighted by Crippen LogP contribution is -2.12. The van der Waals surface area contributed by atoms with E-state index in [4.69, 9.17) is 11.6 Å². The Labute approximate surface area is 93.6 Å². The average Bonchev–Trinajstić information content (AvgIpc) is 2.19. The molecular formula is C10H13ClN2O2. The summed E-state index contributed by atoms with van der Waals surface area (Å²) in [6.45, 7) is 3.96. The van der Waals surface area contributed by atoms with Crippen molar-refractivity contribution in [1.29, 1.82) is 0 Å². The Kier molecular flexibility index (Phi) is 3.91. The van der Waals surface area contributed by atoms with Gasteiger partial charge in [-0.1, -0.05) is 11.6 Å². The lowest BCUT2D eigenvalue weighted by atomic mass is 10.3. The fourth-order valence-corrected chi connectivity index (χ4v) is 1.27. The lowest BCUT2D eigenvalue weighted by molar-refractivity contribution is 0.0600. The predicted octanol–water partition coefficient (Wildman–Crippen LogP) is 2.34. The molecular weight excluding hydrogens is 216 g/mol. The molecule has 82 valence electrons. The van der Waals surface area contributed by atoms with Gasteiger partial charge in [-0.25, -0.2) is 9.78 Å². The highest BCUT2D eigenvalue weighted by Gasteiger charge is 2.10. The summed E-state index contributed by atoms with van der Waals surface area (Å²) in [6.07, 6.45) is 1.43. The number of halogens is 1. The van der Waals surface area contributed by atoms with Crippen LogP contribution in [0.1, 0.15) is 24.2 Å². The van der Waals surface area contributed by atoms with Gasteiger partial charge in [-0.2, -0.15) is 0 Å². The Morgan fingerprint density at radius 1 is 1.60 bits per heavy atom. The molecule has 0 spiro atoms. The van der Waals surface area contributed by atoms with Gasteiger partial charge in [-0.05, 0) is 19.9 Å². The molecule has 0 aliphatic carbocycles. The Morgan fingerprint density at radius 3 is 2.73 bits per heavy atom.